The standard InChI is InChI=1S/C17H16F3N3O4S/c1-3-27-14(24)12-9-28-15(21-12)23-16(25,17(18,19)20)8-11(22-23)10-6-4-5-7-13(10)26-2/h4-7,9,25H,3,8H2,1-2H3/t16-/m0/s1. The molecule has 1 aliphatic heterocycles. The molecule has 1 aromatic heterocycles. The van der Waals surface area contributed by atoms with Crippen LogP contribution in [0.5, 0.6) is 5.75 Å². The lowest BCUT2D eigenvalue weighted by Gasteiger charge is -2.32. The van der Waals surface area contributed by atoms with Gasteiger partial charge in [-0.25, -0.2) is 9.78 Å². The van der Waals surface area contributed by atoms with Crippen molar-refractivity contribution in [3.63, 3.8) is 0 Å². The van der Waals surface area contributed by atoms with Crippen LogP contribution in [0.15, 0.2) is 34.7 Å². The lowest BCUT2D eigenvalue weighted by Crippen LogP contribution is -2.55. The maximum absolute atomic E-state index is 13.7. The maximum Gasteiger partial charge on any atom is 0.438 e. The Bertz CT molecular complexity index is 915. The number of hydrazone groups is 1. The third kappa shape index (κ3) is 3.42. The number of aromatic nitrogens is 1. The van der Waals surface area contributed by atoms with Gasteiger partial charge in [-0.3, -0.25) is 0 Å². The van der Waals surface area contributed by atoms with Crippen molar-refractivity contribution in [2.75, 3.05) is 18.7 Å². The normalized spacial score (nSPS) is 19.5. The number of nitrogens with zero attached hydrogens (tertiary/aromatic N) is 3. The summed E-state index contributed by atoms with van der Waals surface area (Å²) in [5.74, 6) is -0.451. The molecule has 0 spiro atoms. The summed E-state index contributed by atoms with van der Waals surface area (Å²) in [7, 11) is 1.38. The fourth-order valence-corrected chi connectivity index (χ4v) is 3.47. The largest absolute Gasteiger partial charge is 0.496 e. The number of anilines is 1. The summed E-state index contributed by atoms with van der Waals surface area (Å²) in [6.45, 7) is 1.69. The average Bonchev–Trinajstić information content (AvgIpc) is 3.26. The number of hydrogen-bond acceptors (Lipinski definition) is 8. The Morgan fingerprint density at radius 3 is 2.75 bits per heavy atom. The Labute approximate surface area is 162 Å². The minimum Gasteiger partial charge on any atom is -0.496 e. The first-order valence-corrected chi connectivity index (χ1v) is 9.02. The van der Waals surface area contributed by atoms with Crippen LogP contribution in [0.1, 0.15) is 29.4 Å². The molecule has 2 heterocycles. The van der Waals surface area contributed by atoms with E-state index in [0.29, 0.717) is 16.3 Å². The summed E-state index contributed by atoms with van der Waals surface area (Å²) in [4.78, 5) is 15.6. The minimum absolute atomic E-state index is 0.0230. The van der Waals surface area contributed by atoms with E-state index in [2.05, 4.69) is 10.1 Å². The highest BCUT2D eigenvalue weighted by atomic mass is 32.1. The fourth-order valence-electron chi connectivity index (χ4n) is 2.66. The average molecular weight is 415 g/mol. The molecular formula is C17H16F3N3O4S. The summed E-state index contributed by atoms with van der Waals surface area (Å²) in [6, 6.07) is 6.41. The predicted molar refractivity (Wildman–Crippen MR) is 95.7 cm³/mol. The first-order valence-electron chi connectivity index (χ1n) is 8.14. The molecule has 1 N–H and O–H groups in total. The molecule has 2 aromatic rings. The Kier molecular flexibility index (Phi) is 5.31. The zero-order valence-corrected chi connectivity index (χ0v) is 15.7. The molecule has 0 radical (unpaired) electrons. The van der Waals surface area contributed by atoms with Crippen molar-refractivity contribution >= 4 is 28.1 Å². The number of halogens is 3. The number of thiazole rings is 1. The van der Waals surface area contributed by atoms with E-state index in [1.807, 2.05) is 0 Å². The monoisotopic (exact) mass is 415 g/mol. The molecule has 28 heavy (non-hydrogen) atoms. The van der Waals surface area contributed by atoms with Crippen LogP contribution < -0.4 is 9.75 Å². The molecule has 1 atom stereocenters. The fraction of sp³-hybridized carbons (Fsp3) is 0.353. The number of alkyl halides is 3. The van der Waals surface area contributed by atoms with Crippen molar-refractivity contribution in [1.82, 2.24) is 4.98 Å². The molecule has 1 aliphatic rings. The van der Waals surface area contributed by atoms with Gasteiger partial charge in [-0.15, -0.1) is 11.3 Å². The van der Waals surface area contributed by atoms with E-state index in [0.717, 1.165) is 11.3 Å². The lowest BCUT2D eigenvalue weighted by molar-refractivity contribution is -0.254. The summed E-state index contributed by atoms with van der Waals surface area (Å²) >= 11 is 0.742. The molecule has 7 nitrogen and oxygen atoms in total. The van der Waals surface area contributed by atoms with Gasteiger partial charge in [-0.1, -0.05) is 12.1 Å². The number of rotatable bonds is 5. The Morgan fingerprint density at radius 2 is 2.11 bits per heavy atom. The van der Waals surface area contributed by atoms with Crippen LogP contribution in [0, 0.1) is 0 Å². The van der Waals surface area contributed by atoms with Gasteiger partial charge in [0.05, 0.1) is 25.8 Å². The van der Waals surface area contributed by atoms with Crippen LogP contribution >= 0.6 is 11.3 Å². The minimum atomic E-state index is -5.03. The van der Waals surface area contributed by atoms with Gasteiger partial charge in [0.15, 0.2) is 5.69 Å². The van der Waals surface area contributed by atoms with E-state index in [-0.39, 0.29) is 23.1 Å². The van der Waals surface area contributed by atoms with Crippen molar-refractivity contribution in [3.8, 4) is 5.75 Å². The predicted octanol–water partition coefficient (Wildman–Crippen LogP) is 3.19. The molecule has 0 saturated heterocycles. The van der Waals surface area contributed by atoms with Gasteiger partial charge in [0.25, 0.3) is 5.72 Å². The highest BCUT2D eigenvalue weighted by molar-refractivity contribution is 7.14. The summed E-state index contributed by atoms with van der Waals surface area (Å²) in [5.41, 5.74) is -3.18. The number of aliphatic hydroxyl groups is 1. The first kappa shape index (κ1) is 20.1. The van der Waals surface area contributed by atoms with Crippen molar-refractivity contribution in [2.45, 2.75) is 25.2 Å². The molecule has 0 bridgehead atoms. The summed E-state index contributed by atoms with van der Waals surface area (Å²) in [5, 5.41) is 15.8. The summed E-state index contributed by atoms with van der Waals surface area (Å²) in [6.07, 6.45) is -5.86. The summed E-state index contributed by atoms with van der Waals surface area (Å²) < 4.78 is 51.2. The van der Waals surface area contributed by atoms with Gasteiger partial charge in [0, 0.05) is 10.9 Å². The Morgan fingerprint density at radius 1 is 1.39 bits per heavy atom. The van der Waals surface area contributed by atoms with E-state index >= 15 is 0 Å². The van der Waals surface area contributed by atoms with E-state index < -0.39 is 24.3 Å². The zero-order chi connectivity index (χ0) is 20.5. The highest BCUT2D eigenvalue weighted by Crippen LogP contribution is 2.45. The SMILES string of the molecule is CCOC(=O)c1csc(N2N=C(c3ccccc3OC)C[C@]2(O)C(F)(F)F)n1. The Hall–Kier alpha value is -2.66. The number of benzene rings is 1. The van der Waals surface area contributed by atoms with Crippen LogP contribution in [0.2, 0.25) is 0 Å². The zero-order valence-electron chi connectivity index (χ0n) is 14.9. The highest BCUT2D eigenvalue weighted by Gasteiger charge is 2.62. The third-order valence-electron chi connectivity index (χ3n) is 4.01. The molecule has 3 rings (SSSR count). The first-order chi connectivity index (χ1) is 13.2. The van der Waals surface area contributed by atoms with Crippen LogP contribution in [0.4, 0.5) is 18.3 Å². The second kappa shape index (κ2) is 7.40. The molecule has 0 unspecified atom stereocenters. The quantitative estimate of drug-likeness (QED) is 0.755. The Balaban J connectivity index is 2.05. The van der Waals surface area contributed by atoms with E-state index in [1.54, 1.807) is 31.2 Å². The number of hydrogen-bond donors (Lipinski definition) is 1. The number of methoxy groups -OCH3 is 1. The molecule has 1 aromatic carbocycles. The number of carbonyl (C=O) groups is 1. The van der Waals surface area contributed by atoms with E-state index in [1.165, 1.54) is 12.5 Å². The molecule has 0 saturated carbocycles. The number of carbonyl (C=O) groups excluding carboxylic acids is 1. The van der Waals surface area contributed by atoms with Crippen molar-refractivity contribution in [1.29, 1.82) is 0 Å². The number of esters is 1. The number of para-hydroxylation sites is 1. The van der Waals surface area contributed by atoms with E-state index in [4.69, 9.17) is 9.47 Å². The van der Waals surface area contributed by atoms with Gasteiger partial charge in [-0.2, -0.15) is 23.3 Å². The second-order valence-corrected chi connectivity index (χ2v) is 6.62. The van der Waals surface area contributed by atoms with Gasteiger partial charge >= 0.3 is 12.1 Å². The molecule has 0 fully saturated rings. The van der Waals surface area contributed by atoms with Gasteiger partial charge < -0.3 is 14.6 Å². The van der Waals surface area contributed by atoms with Crippen LogP contribution in [-0.4, -0.2) is 47.4 Å². The van der Waals surface area contributed by atoms with Gasteiger partial charge in [0.1, 0.15) is 5.75 Å². The topological polar surface area (TPSA) is 84.2 Å². The molecule has 0 aliphatic carbocycles. The van der Waals surface area contributed by atoms with Crippen LogP contribution in [0.3, 0.4) is 0 Å². The second-order valence-electron chi connectivity index (χ2n) is 5.79. The van der Waals surface area contributed by atoms with Crippen molar-refractivity contribution < 1.29 is 32.5 Å². The molecule has 0 amide bonds. The molecule has 150 valence electrons. The van der Waals surface area contributed by atoms with Crippen molar-refractivity contribution in [3.05, 3.63) is 40.9 Å². The maximum atomic E-state index is 13.7. The van der Waals surface area contributed by atoms with Gasteiger partial charge in [-0.05, 0) is 19.1 Å². The molecule has 11 heteroatoms. The van der Waals surface area contributed by atoms with Crippen molar-refractivity contribution in [2.24, 2.45) is 5.10 Å². The number of ether oxygens (including phenoxy) is 2. The smallest absolute Gasteiger partial charge is 0.438 e. The third-order valence-corrected chi connectivity index (χ3v) is 4.83. The van der Waals surface area contributed by atoms with Gasteiger partial charge in [0.2, 0.25) is 5.13 Å². The van der Waals surface area contributed by atoms with Crippen LogP contribution in [-0.2, 0) is 4.74 Å². The molecular weight excluding hydrogens is 399 g/mol. The lowest BCUT2D eigenvalue weighted by atomic mass is 10.0. The van der Waals surface area contributed by atoms with Crippen LogP contribution in [0.25, 0.3) is 0 Å². The van der Waals surface area contributed by atoms with E-state index in [9.17, 15) is 23.1 Å².